The number of nitrogens with one attached hydrogen (secondary N) is 1. The van der Waals surface area contributed by atoms with Crippen LogP contribution >= 0.6 is 0 Å². The van der Waals surface area contributed by atoms with Gasteiger partial charge in [0.2, 0.25) is 0 Å². The molecule has 0 rings (SSSR count). The molecule has 9 heavy (non-hydrogen) atoms. The van der Waals surface area contributed by atoms with E-state index < -0.39 is 0 Å². The van der Waals surface area contributed by atoms with E-state index in [0.717, 1.165) is 0 Å². The highest BCUT2D eigenvalue weighted by Gasteiger charge is 1.95. The lowest BCUT2D eigenvalue weighted by Gasteiger charge is -2.01. The molecule has 0 spiro atoms. The molecule has 52 valence electrons. The van der Waals surface area contributed by atoms with E-state index in [1.54, 1.807) is 0 Å². The highest BCUT2D eigenvalue weighted by atomic mass is 16.3. The molecule has 0 heterocycles. The second-order valence-electron chi connectivity index (χ2n) is 1.96. The minimum absolute atomic E-state index is 0.0385. The second-order valence-corrected chi connectivity index (χ2v) is 1.96. The minimum atomic E-state index is 0.0385. The van der Waals surface area contributed by atoms with Gasteiger partial charge in [-0.15, -0.1) is 0 Å². The van der Waals surface area contributed by atoms with E-state index in [2.05, 4.69) is 11.4 Å². The van der Waals surface area contributed by atoms with Gasteiger partial charge >= 0.3 is 0 Å². The van der Waals surface area contributed by atoms with E-state index in [9.17, 15) is 0 Å². The average molecular weight is 128 g/mol. The van der Waals surface area contributed by atoms with Crippen molar-refractivity contribution in [3.8, 4) is 6.07 Å². The lowest BCUT2D eigenvalue weighted by molar-refractivity contribution is 0.291. The summed E-state index contributed by atoms with van der Waals surface area (Å²) in [6.45, 7) is 3.21. The molecular weight excluding hydrogens is 116 g/mol. The SMILES string of the molecule is CC(C#N)CNCCO. The van der Waals surface area contributed by atoms with Gasteiger partial charge < -0.3 is 10.4 Å². The van der Waals surface area contributed by atoms with E-state index in [1.807, 2.05) is 6.92 Å². The van der Waals surface area contributed by atoms with Gasteiger partial charge in [-0.25, -0.2) is 0 Å². The number of aliphatic hydroxyl groups is 1. The fraction of sp³-hybridized carbons (Fsp3) is 0.833. The smallest absolute Gasteiger partial charge is 0.0666 e. The molecule has 0 aliphatic carbocycles. The molecule has 0 aromatic rings. The van der Waals surface area contributed by atoms with Crippen LogP contribution in [0.4, 0.5) is 0 Å². The standard InChI is InChI=1S/C6H12N2O/c1-6(4-7)5-8-2-3-9/h6,8-9H,2-3,5H2,1H3. The van der Waals surface area contributed by atoms with Crippen LogP contribution in [0.5, 0.6) is 0 Å². The van der Waals surface area contributed by atoms with Crippen LogP contribution in [0.2, 0.25) is 0 Å². The highest BCUT2D eigenvalue weighted by molar-refractivity contribution is 4.79. The fourth-order valence-electron chi connectivity index (χ4n) is 0.443. The summed E-state index contributed by atoms with van der Waals surface area (Å²) in [5.74, 6) is 0.0385. The van der Waals surface area contributed by atoms with Crippen molar-refractivity contribution in [1.82, 2.24) is 5.32 Å². The second kappa shape index (κ2) is 5.54. The molecule has 0 aromatic heterocycles. The lowest BCUT2D eigenvalue weighted by Crippen LogP contribution is -2.23. The Morgan fingerprint density at radius 2 is 2.44 bits per heavy atom. The van der Waals surface area contributed by atoms with Crippen LogP contribution < -0.4 is 5.32 Å². The number of rotatable bonds is 4. The van der Waals surface area contributed by atoms with Crippen LogP contribution in [0.1, 0.15) is 6.92 Å². The van der Waals surface area contributed by atoms with Crippen molar-refractivity contribution in [2.75, 3.05) is 19.7 Å². The molecule has 2 N–H and O–H groups in total. The van der Waals surface area contributed by atoms with Crippen molar-refractivity contribution in [3.05, 3.63) is 0 Å². The van der Waals surface area contributed by atoms with Crippen molar-refractivity contribution in [1.29, 1.82) is 5.26 Å². The van der Waals surface area contributed by atoms with Crippen LogP contribution in [-0.4, -0.2) is 24.8 Å². The Hall–Kier alpha value is -0.590. The summed E-state index contributed by atoms with van der Waals surface area (Å²) in [5.41, 5.74) is 0. The summed E-state index contributed by atoms with van der Waals surface area (Å²) < 4.78 is 0. The van der Waals surface area contributed by atoms with Gasteiger partial charge in [-0.2, -0.15) is 5.26 Å². The number of hydrogen-bond donors (Lipinski definition) is 2. The Balaban J connectivity index is 2.99. The molecule has 1 atom stereocenters. The number of aliphatic hydroxyl groups excluding tert-OH is 1. The van der Waals surface area contributed by atoms with Crippen molar-refractivity contribution in [3.63, 3.8) is 0 Å². The first kappa shape index (κ1) is 8.41. The molecule has 0 aliphatic rings. The van der Waals surface area contributed by atoms with Crippen LogP contribution in [0.15, 0.2) is 0 Å². The van der Waals surface area contributed by atoms with Gasteiger partial charge in [-0.05, 0) is 6.92 Å². The first-order valence-corrected chi connectivity index (χ1v) is 3.02. The maximum absolute atomic E-state index is 8.31. The monoisotopic (exact) mass is 128 g/mol. The van der Waals surface area contributed by atoms with Crippen molar-refractivity contribution in [2.24, 2.45) is 5.92 Å². The topological polar surface area (TPSA) is 56.0 Å². The molecule has 0 fully saturated rings. The van der Waals surface area contributed by atoms with Crippen LogP contribution in [-0.2, 0) is 0 Å². The Labute approximate surface area is 55.3 Å². The molecule has 0 aromatic carbocycles. The van der Waals surface area contributed by atoms with Crippen molar-refractivity contribution in [2.45, 2.75) is 6.92 Å². The van der Waals surface area contributed by atoms with E-state index in [0.29, 0.717) is 13.1 Å². The third-order valence-electron chi connectivity index (χ3n) is 0.959. The van der Waals surface area contributed by atoms with E-state index in [-0.39, 0.29) is 12.5 Å². The molecule has 0 amide bonds. The van der Waals surface area contributed by atoms with Gasteiger partial charge in [0, 0.05) is 13.1 Å². The van der Waals surface area contributed by atoms with Crippen LogP contribution in [0.25, 0.3) is 0 Å². The van der Waals surface area contributed by atoms with E-state index in [4.69, 9.17) is 10.4 Å². The van der Waals surface area contributed by atoms with Crippen molar-refractivity contribution >= 4 is 0 Å². The first-order chi connectivity index (χ1) is 4.31. The quantitative estimate of drug-likeness (QED) is 0.512. The number of nitrogens with zero attached hydrogens (tertiary/aromatic N) is 1. The normalized spacial score (nSPS) is 12.6. The zero-order chi connectivity index (χ0) is 7.11. The zero-order valence-electron chi connectivity index (χ0n) is 5.59. The van der Waals surface area contributed by atoms with Crippen LogP contribution in [0, 0.1) is 17.2 Å². The van der Waals surface area contributed by atoms with Gasteiger partial charge in [0.15, 0.2) is 0 Å². The Morgan fingerprint density at radius 1 is 1.78 bits per heavy atom. The van der Waals surface area contributed by atoms with Gasteiger partial charge in [0.05, 0.1) is 18.6 Å². The predicted octanol–water partition coefficient (Wildman–Crippen LogP) is -0.272. The van der Waals surface area contributed by atoms with E-state index >= 15 is 0 Å². The molecule has 0 bridgehead atoms. The molecule has 1 unspecified atom stereocenters. The van der Waals surface area contributed by atoms with Gasteiger partial charge in [-0.3, -0.25) is 0 Å². The summed E-state index contributed by atoms with van der Waals surface area (Å²) in [7, 11) is 0. The summed E-state index contributed by atoms with van der Waals surface area (Å²) in [6, 6.07) is 2.08. The number of nitriles is 1. The maximum Gasteiger partial charge on any atom is 0.0666 e. The highest BCUT2D eigenvalue weighted by Crippen LogP contribution is 1.85. The molecule has 0 saturated carbocycles. The Kier molecular flexibility index (Phi) is 5.18. The first-order valence-electron chi connectivity index (χ1n) is 3.02. The Morgan fingerprint density at radius 3 is 2.89 bits per heavy atom. The predicted molar refractivity (Wildman–Crippen MR) is 34.7 cm³/mol. The zero-order valence-corrected chi connectivity index (χ0v) is 5.59. The molecular formula is C6H12N2O. The summed E-state index contributed by atoms with van der Waals surface area (Å²) in [4.78, 5) is 0. The molecule has 0 saturated heterocycles. The molecule has 0 radical (unpaired) electrons. The third-order valence-corrected chi connectivity index (χ3v) is 0.959. The summed E-state index contributed by atoms with van der Waals surface area (Å²) in [5, 5.41) is 19.5. The van der Waals surface area contributed by atoms with Gasteiger partial charge in [0.25, 0.3) is 0 Å². The Bertz CT molecular complexity index is 97.7. The van der Waals surface area contributed by atoms with Crippen LogP contribution in [0.3, 0.4) is 0 Å². The average Bonchev–Trinajstić information content (AvgIpc) is 1.89. The maximum atomic E-state index is 8.31. The fourth-order valence-corrected chi connectivity index (χ4v) is 0.443. The summed E-state index contributed by atoms with van der Waals surface area (Å²) in [6.07, 6.45) is 0. The third kappa shape index (κ3) is 5.28. The van der Waals surface area contributed by atoms with Gasteiger partial charge in [0.1, 0.15) is 0 Å². The van der Waals surface area contributed by atoms with Gasteiger partial charge in [-0.1, -0.05) is 0 Å². The van der Waals surface area contributed by atoms with E-state index in [1.165, 1.54) is 0 Å². The largest absolute Gasteiger partial charge is 0.395 e. The molecule has 0 aliphatic heterocycles. The van der Waals surface area contributed by atoms with Crippen molar-refractivity contribution < 1.29 is 5.11 Å². The number of hydrogen-bond acceptors (Lipinski definition) is 3. The minimum Gasteiger partial charge on any atom is -0.395 e. The molecule has 3 nitrogen and oxygen atoms in total. The lowest BCUT2D eigenvalue weighted by atomic mass is 10.2. The molecule has 3 heteroatoms. The summed E-state index contributed by atoms with van der Waals surface area (Å²) >= 11 is 0.